The fourth-order valence-corrected chi connectivity index (χ4v) is 2.74. The minimum atomic E-state index is -3.27. The molecule has 22 heavy (non-hydrogen) atoms. The summed E-state index contributed by atoms with van der Waals surface area (Å²) in [6.45, 7) is 0.545. The molecule has 1 aromatic carbocycles. The second-order valence-electron chi connectivity index (χ2n) is 4.89. The Morgan fingerprint density at radius 2 is 2.05 bits per heavy atom. The average Bonchev–Trinajstić information content (AvgIpc) is 2.52. The molecule has 3 rings (SSSR count). The van der Waals surface area contributed by atoms with E-state index >= 15 is 0 Å². The minimum absolute atomic E-state index is 0.249. The summed E-state index contributed by atoms with van der Waals surface area (Å²) in [7, 11) is -3.27. The maximum absolute atomic E-state index is 11.7. The Morgan fingerprint density at radius 3 is 2.77 bits per heavy atom. The van der Waals surface area contributed by atoms with Crippen LogP contribution in [-0.2, 0) is 16.4 Å². The molecule has 0 fully saturated rings. The van der Waals surface area contributed by atoms with Gasteiger partial charge in [0, 0.05) is 30.6 Å². The second kappa shape index (κ2) is 5.69. The topological polar surface area (TPSA) is 84.8 Å². The second-order valence-corrected chi connectivity index (χ2v) is 6.90. The van der Waals surface area contributed by atoms with Crippen molar-refractivity contribution in [1.29, 1.82) is 0 Å². The van der Waals surface area contributed by atoms with Crippen LogP contribution in [0.3, 0.4) is 0 Å². The highest BCUT2D eigenvalue weighted by molar-refractivity contribution is 7.90. The lowest BCUT2D eigenvalue weighted by atomic mass is 10.2. The summed E-state index contributed by atoms with van der Waals surface area (Å²) >= 11 is 0. The largest absolute Gasteiger partial charge is 0.365 e. The van der Waals surface area contributed by atoms with Crippen molar-refractivity contribution in [3.05, 3.63) is 54.6 Å². The molecule has 3 aromatic rings. The molecule has 0 aliphatic heterocycles. The normalized spacial score (nSPS) is 11.5. The van der Waals surface area contributed by atoms with Gasteiger partial charge in [-0.25, -0.2) is 18.4 Å². The molecular weight excluding hydrogens is 300 g/mol. The Balaban J connectivity index is 1.98. The first-order chi connectivity index (χ1) is 10.5. The van der Waals surface area contributed by atoms with Gasteiger partial charge < -0.3 is 5.32 Å². The summed E-state index contributed by atoms with van der Waals surface area (Å²) in [6.07, 6.45) is 6.11. The number of hydrogen-bond acceptors (Lipinski definition) is 6. The number of benzene rings is 1. The maximum atomic E-state index is 11.7. The highest BCUT2D eigenvalue weighted by atomic mass is 32.2. The van der Waals surface area contributed by atoms with Crippen molar-refractivity contribution in [3.8, 4) is 0 Å². The molecule has 1 N–H and O–H groups in total. The molecule has 0 atom stereocenters. The predicted octanol–water partition coefficient (Wildman–Crippen LogP) is 2.04. The summed E-state index contributed by atoms with van der Waals surface area (Å²) < 4.78 is 23.4. The van der Waals surface area contributed by atoms with E-state index in [1.54, 1.807) is 30.6 Å². The van der Waals surface area contributed by atoms with Crippen molar-refractivity contribution in [3.63, 3.8) is 0 Å². The number of anilines is 1. The first-order valence-electron chi connectivity index (χ1n) is 6.61. The monoisotopic (exact) mass is 314 g/mol. The summed E-state index contributed by atoms with van der Waals surface area (Å²) in [4.78, 5) is 12.7. The van der Waals surface area contributed by atoms with E-state index in [2.05, 4.69) is 20.3 Å². The van der Waals surface area contributed by atoms with Gasteiger partial charge in [-0.1, -0.05) is 6.07 Å². The smallest absolute Gasteiger partial charge is 0.175 e. The number of fused-ring (bicyclic) bond motifs is 1. The lowest BCUT2D eigenvalue weighted by molar-refractivity contribution is 0.602. The molecule has 6 nitrogen and oxygen atoms in total. The fraction of sp³-hybridized carbons (Fsp3) is 0.133. The van der Waals surface area contributed by atoms with Crippen LogP contribution in [-0.4, -0.2) is 29.6 Å². The van der Waals surface area contributed by atoms with Gasteiger partial charge in [0.1, 0.15) is 12.1 Å². The van der Waals surface area contributed by atoms with E-state index in [-0.39, 0.29) is 4.90 Å². The zero-order valence-corrected chi connectivity index (χ0v) is 12.7. The van der Waals surface area contributed by atoms with Gasteiger partial charge >= 0.3 is 0 Å². The number of sulfone groups is 1. The van der Waals surface area contributed by atoms with E-state index in [9.17, 15) is 8.42 Å². The number of hydrogen-bond donors (Lipinski definition) is 1. The third-order valence-corrected chi connectivity index (χ3v) is 4.33. The molecule has 0 amide bonds. The summed E-state index contributed by atoms with van der Waals surface area (Å²) in [5, 5.41) is 3.87. The van der Waals surface area contributed by atoms with E-state index in [0.717, 1.165) is 5.56 Å². The zero-order chi connectivity index (χ0) is 15.6. The lowest BCUT2D eigenvalue weighted by Crippen LogP contribution is -2.04. The molecule has 112 valence electrons. The summed E-state index contributed by atoms with van der Waals surface area (Å²) in [6, 6.07) is 8.64. The molecule has 0 aliphatic carbocycles. The Hall–Kier alpha value is -2.54. The SMILES string of the molecule is CS(=O)(=O)c1ccc2ncnc(NCc3cccnc3)c2c1. The third kappa shape index (κ3) is 3.04. The lowest BCUT2D eigenvalue weighted by Gasteiger charge is -2.09. The highest BCUT2D eigenvalue weighted by Gasteiger charge is 2.11. The Labute approximate surface area is 128 Å². The van der Waals surface area contributed by atoms with Crippen molar-refractivity contribution < 1.29 is 8.42 Å². The van der Waals surface area contributed by atoms with Crippen LogP contribution in [0.2, 0.25) is 0 Å². The highest BCUT2D eigenvalue weighted by Crippen LogP contribution is 2.23. The van der Waals surface area contributed by atoms with E-state index < -0.39 is 9.84 Å². The van der Waals surface area contributed by atoms with Crippen molar-refractivity contribution in [2.75, 3.05) is 11.6 Å². The molecule has 0 unspecified atom stereocenters. The minimum Gasteiger partial charge on any atom is -0.365 e. The molecule has 0 saturated carbocycles. The van der Waals surface area contributed by atoms with Crippen LogP contribution in [0.1, 0.15) is 5.56 Å². The molecular formula is C15H14N4O2S. The van der Waals surface area contributed by atoms with Gasteiger partial charge in [0.15, 0.2) is 9.84 Å². The van der Waals surface area contributed by atoms with Gasteiger partial charge in [-0.3, -0.25) is 4.98 Å². The van der Waals surface area contributed by atoms with Crippen LogP contribution in [0.25, 0.3) is 10.9 Å². The zero-order valence-electron chi connectivity index (χ0n) is 11.9. The molecule has 0 radical (unpaired) electrons. The Bertz CT molecular complexity index is 911. The van der Waals surface area contributed by atoms with Gasteiger partial charge in [-0.05, 0) is 29.8 Å². The molecule has 2 heterocycles. The van der Waals surface area contributed by atoms with Crippen LogP contribution in [0.15, 0.2) is 53.9 Å². The third-order valence-electron chi connectivity index (χ3n) is 3.22. The Kier molecular flexibility index (Phi) is 3.72. The number of aromatic nitrogens is 3. The molecule has 7 heteroatoms. The molecule has 0 bridgehead atoms. The van der Waals surface area contributed by atoms with E-state index in [0.29, 0.717) is 23.3 Å². The first kappa shape index (κ1) is 14.4. The molecule has 0 spiro atoms. The van der Waals surface area contributed by atoms with Crippen LogP contribution in [0.5, 0.6) is 0 Å². The van der Waals surface area contributed by atoms with Gasteiger partial charge in [-0.15, -0.1) is 0 Å². The molecule has 0 saturated heterocycles. The maximum Gasteiger partial charge on any atom is 0.175 e. The van der Waals surface area contributed by atoms with E-state index in [1.165, 1.54) is 12.6 Å². The van der Waals surface area contributed by atoms with Crippen molar-refractivity contribution in [2.24, 2.45) is 0 Å². The van der Waals surface area contributed by atoms with Crippen LogP contribution in [0, 0.1) is 0 Å². The first-order valence-corrected chi connectivity index (χ1v) is 8.51. The standard InChI is InChI=1S/C15H14N4O2S/c1-22(20,21)12-4-5-14-13(7-12)15(19-10-18-14)17-9-11-3-2-6-16-8-11/h2-8,10H,9H2,1H3,(H,17,18,19). The van der Waals surface area contributed by atoms with Gasteiger partial charge in [-0.2, -0.15) is 0 Å². The summed E-state index contributed by atoms with van der Waals surface area (Å²) in [5.74, 6) is 0.597. The van der Waals surface area contributed by atoms with E-state index in [1.807, 2.05) is 12.1 Å². The van der Waals surface area contributed by atoms with Crippen molar-refractivity contribution in [2.45, 2.75) is 11.4 Å². The summed E-state index contributed by atoms with van der Waals surface area (Å²) in [5.41, 5.74) is 1.70. The fourth-order valence-electron chi connectivity index (χ4n) is 2.10. The van der Waals surface area contributed by atoms with Gasteiger partial charge in [0.25, 0.3) is 0 Å². The van der Waals surface area contributed by atoms with Crippen LogP contribution in [0.4, 0.5) is 5.82 Å². The van der Waals surface area contributed by atoms with Crippen LogP contribution < -0.4 is 5.32 Å². The predicted molar refractivity (Wildman–Crippen MR) is 84.2 cm³/mol. The molecule has 0 aliphatic rings. The average molecular weight is 314 g/mol. The molecule has 2 aromatic heterocycles. The number of nitrogens with one attached hydrogen (secondary N) is 1. The van der Waals surface area contributed by atoms with E-state index in [4.69, 9.17) is 0 Å². The quantitative estimate of drug-likeness (QED) is 0.793. The number of rotatable bonds is 4. The Morgan fingerprint density at radius 1 is 1.18 bits per heavy atom. The van der Waals surface area contributed by atoms with Crippen LogP contribution >= 0.6 is 0 Å². The number of nitrogens with zero attached hydrogens (tertiary/aromatic N) is 3. The van der Waals surface area contributed by atoms with Crippen molar-refractivity contribution >= 4 is 26.6 Å². The van der Waals surface area contributed by atoms with Gasteiger partial charge in [0.2, 0.25) is 0 Å². The van der Waals surface area contributed by atoms with Gasteiger partial charge in [0.05, 0.1) is 10.4 Å². The number of pyridine rings is 1. The van der Waals surface area contributed by atoms with Crippen molar-refractivity contribution in [1.82, 2.24) is 15.0 Å².